The summed E-state index contributed by atoms with van der Waals surface area (Å²) in [5, 5.41) is 13.9. The van der Waals surface area contributed by atoms with E-state index in [0.29, 0.717) is 5.92 Å². The average Bonchev–Trinajstić information content (AvgIpc) is 2.57. The molecule has 3 rings (SSSR count). The van der Waals surface area contributed by atoms with Gasteiger partial charge in [0.25, 0.3) is 0 Å². The summed E-state index contributed by atoms with van der Waals surface area (Å²) in [6, 6.07) is 6.29. The van der Waals surface area contributed by atoms with E-state index in [9.17, 15) is 9.50 Å². The van der Waals surface area contributed by atoms with E-state index in [1.165, 1.54) is 31.5 Å². The van der Waals surface area contributed by atoms with E-state index >= 15 is 0 Å². The molecule has 2 saturated heterocycles. The van der Waals surface area contributed by atoms with Crippen LogP contribution in [0.5, 0.6) is 0 Å². The summed E-state index contributed by atoms with van der Waals surface area (Å²) >= 11 is 0. The Morgan fingerprint density at radius 3 is 2.30 bits per heavy atom. The van der Waals surface area contributed by atoms with Gasteiger partial charge in [0.2, 0.25) is 0 Å². The zero-order chi connectivity index (χ0) is 15.4. The van der Waals surface area contributed by atoms with E-state index < -0.39 is 6.10 Å². The van der Waals surface area contributed by atoms with Gasteiger partial charge in [-0.05, 0) is 81.4 Å². The molecule has 23 heavy (non-hydrogen) atoms. The Kier molecular flexibility index (Phi) is 7.28. The van der Waals surface area contributed by atoms with Crippen molar-refractivity contribution in [1.82, 2.24) is 10.2 Å². The van der Waals surface area contributed by atoms with Gasteiger partial charge < -0.3 is 15.3 Å². The van der Waals surface area contributed by atoms with Gasteiger partial charge >= 0.3 is 0 Å². The van der Waals surface area contributed by atoms with Gasteiger partial charge in [-0.3, -0.25) is 0 Å². The normalized spacial score (nSPS) is 22.5. The Balaban J connectivity index is 0.00000192. The first kappa shape index (κ1) is 18.7. The van der Waals surface area contributed by atoms with Crippen LogP contribution in [-0.4, -0.2) is 42.7 Å². The van der Waals surface area contributed by atoms with Crippen molar-refractivity contribution in [3.8, 4) is 0 Å². The van der Waals surface area contributed by atoms with Crippen molar-refractivity contribution in [2.75, 3.05) is 32.7 Å². The molecule has 2 heterocycles. The third-order valence-corrected chi connectivity index (χ3v) is 5.27. The topological polar surface area (TPSA) is 35.5 Å². The molecule has 2 N–H and O–H groups in total. The highest BCUT2D eigenvalue weighted by molar-refractivity contribution is 5.85. The number of aliphatic hydroxyl groups excluding tert-OH is 1. The molecular formula is C18H28ClFN2O. The molecule has 2 fully saturated rings. The lowest BCUT2D eigenvalue weighted by Crippen LogP contribution is -2.41. The highest BCUT2D eigenvalue weighted by Gasteiger charge is 2.27. The maximum Gasteiger partial charge on any atom is 0.123 e. The van der Waals surface area contributed by atoms with E-state index in [4.69, 9.17) is 0 Å². The Labute approximate surface area is 144 Å². The maximum atomic E-state index is 13.0. The SMILES string of the molecule is Cl.OC(c1ccc(F)cc1)C1CCN(CC2CCNCC2)CC1. The molecule has 0 bridgehead atoms. The quantitative estimate of drug-likeness (QED) is 0.883. The van der Waals surface area contributed by atoms with Crippen molar-refractivity contribution in [2.24, 2.45) is 11.8 Å². The highest BCUT2D eigenvalue weighted by Crippen LogP contribution is 2.31. The number of benzene rings is 1. The summed E-state index contributed by atoms with van der Waals surface area (Å²) in [6.45, 7) is 5.68. The van der Waals surface area contributed by atoms with Crippen LogP contribution in [0, 0.1) is 17.7 Å². The van der Waals surface area contributed by atoms with Crippen LogP contribution in [-0.2, 0) is 0 Å². The number of hydrogen-bond acceptors (Lipinski definition) is 3. The Hall–Kier alpha value is -0.680. The van der Waals surface area contributed by atoms with E-state index in [2.05, 4.69) is 10.2 Å². The van der Waals surface area contributed by atoms with E-state index in [-0.39, 0.29) is 18.2 Å². The summed E-state index contributed by atoms with van der Waals surface area (Å²) in [5.74, 6) is 0.891. The third kappa shape index (κ3) is 5.15. The number of piperidine rings is 2. The molecule has 0 amide bonds. The second kappa shape index (κ2) is 8.97. The molecule has 2 aliphatic heterocycles. The van der Waals surface area contributed by atoms with E-state index in [0.717, 1.165) is 50.5 Å². The van der Waals surface area contributed by atoms with Crippen molar-refractivity contribution >= 4 is 12.4 Å². The predicted octanol–water partition coefficient (Wildman–Crippen LogP) is 2.99. The molecule has 1 aromatic rings. The minimum atomic E-state index is -0.457. The van der Waals surface area contributed by atoms with Crippen LogP contribution < -0.4 is 5.32 Å². The van der Waals surface area contributed by atoms with Crippen LogP contribution in [0.15, 0.2) is 24.3 Å². The van der Waals surface area contributed by atoms with Gasteiger partial charge in [-0.2, -0.15) is 0 Å². The van der Waals surface area contributed by atoms with Crippen LogP contribution >= 0.6 is 12.4 Å². The van der Waals surface area contributed by atoms with Crippen molar-refractivity contribution in [1.29, 1.82) is 0 Å². The average molecular weight is 343 g/mol. The lowest BCUT2D eigenvalue weighted by Gasteiger charge is -2.37. The van der Waals surface area contributed by atoms with Gasteiger partial charge in [-0.1, -0.05) is 12.1 Å². The second-order valence-electron chi connectivity index (χ2n) is 6.83. The Morgan fingerprint density at radius 2 is 1.70 bits per heavy atom. The summed E-state index contributed by atoms with van der Waals surface area (Å²) in [6.07, 6.45) is 4.19. The molecule has 5 heteroatoms. The smallest absolute Gasteiger partial charge is 0.123 e. The minimum Gasteiger partial charge on any atom is -0.388 e. The van der Waals surface area contributed by atoms with Gasteiger partial charge in [-0.25, -0.2) is 4.39 Å². The number of nitrogens with zero attached hydrogens (tertiary/aromatic N) is 1. The zero-order valence-electron chi connectivity index (χ0n) is 13.6. The molecule has 1 atom stereocenters. The third-order valence-electron chi connectivity index (χ3n) is 5.27. The molecular weight excluding hydrogens is 315 g/mol. The summed E-state index contributed by atoms with van der Waals surface area (Å²) in [7, 11) is 0. The van der Waals surface area contributed by atoms with Crippen LogP contribution in [0.2, 0.25) is 0 Å². The van der Waals surface area contributed by atoms with E-state index in [1.54, 1.807) is 12.1 Å². The lowest BCUT2D eigenvalue weighted by atomic mass is 9.86. The fraction of sp³-hybridized carbons (Fsp3) is 0.667. The van der Waals surface area contributed by atoms with Crippen molar-refractivity contribution < 1.29 is 9.50 Å². The van der Waals surface area contributed by atoms with E-state index in [1.807, 2.05) is 0 Å². The Morgan fingerprint density at radius 1 is 1.09 bits per heavy atom. The number of halogens is 2. The van der Waals surface area contributed by atoms with Gasteiger partial charge in [0.15, 0.2) is 0 Å². The molecule has 1 unspecified atom stereocenters. The molecule has 1 aromatic carbocycles. The monoisotopic (exact) mass is 342 g/mol. The van der Waals surface area contributed by atoms with Crippen LogP contribution in [0.25, 0.3) is 0 Å². The second-order valence-corrected chi connectivity index (χ2v) is 6.83. The van der Waals surface area contributed by atoms with Gasteiger partial charge in [0.1, 0.15) is 5.82 Å². The zero-order valence-corrected chi connectivity index (χ0v) is 14.4. The number of rotatable bonds is 4. The first-order chi connectivity index (χ1) is 10.7. The number of hydrogen-bond donors (Lipinski definition) is 2. The highest BCUT2D eigenvalue weighted by atomic mass is 35.5. The van der Waals surface area contributed by atoms with Gasteiger partial charge in [0.05, 0.1) is 6.10 Å². The van der Waals surface area contributed by atoms with Crippen molar-refractivity contribution in [3.63, 3.8) is 0 Å². The van der Waals surface area contributed by atoms with Crippen LogP contribution in [0.1, 0.15) is 37.4 Å². The summed E-state index contributed by atoms with van der Waals surface area (Å²) in [5.41, 5.74) is 0.846. The molecule has 0 spiro atoms. The predicted molar refractivity (Wildman–Crippen MR) is 93.4 cm³/mol. The van der Waals surface area contributed by atoms with Gasteiger partial charge in [0, 0.05) is 6.54 Å². The Bertz CT molecular complexity index is 457. The summed E-state index contributed by atoms with van der Waals surface area (Å²) in [4.78, 5) is 2.56. The van der Waals surface area contributed by atoms with Crippen molar-refractivity contribution in [2.45, 2.75) is 31.8 Å². The molecule has 0 aliphatic carbocycles. The van der Waals surface area contributed by atoms with Crippen molar-refractivity contribution in [3.05, 3.63) is 35.6 Å². The molecule has 0 radical (unpaired) electrons. The molecule has 3 nitrogen and oxygen atoms in total. The molecule has 2 aliphatic rings. The minimum absolute atomic E-state index is 0. The fourth-order valence-electron chi connectivity index (χ4n) is 3.81. The standard InChI is InChI=1S/C18H27FN2O.ClH/c19-17-3-1-15(2-4-17)18(22)16-7-11-21(12-8-16)13-14-5-9-20-10-6-14;/h1-4,14,16,18,20,22H,5-13H2;1H. The first-order valence-electron chi connectivity index (χ1n) is 8.59. The molecule has 0 saturated carbocycles. The molecule has 130 valence electrons. The number of nitrogens with one attached hydrogen (secondary N) is 1. The lowest BCUT2D eigenvalue weighted by molar-refractivity contribution is 0.0525. The van der Waals surface area contributed by atoms with Crippen LogP contribution in [0.3, 0.4) is 0 Å². The first-order valence-corrected chi connectivity index (χ1v) is 8.59. The van der Waals surface area contributed by atoms with Crippen LogP contribution in [0.4, 0.5) is 4.39 Å². The molecule has 0 aromatic heterocycles. The number of aliphatic hydroxyl groups is 1. The fourth-order valence-corrected chi connectivity index (χ4v) is 3.81. The van der Waals surface area contributed by atoms with Gasteiger partial charge in [-0.15, -0.1) is 12.4 Å². The maximum absolute atomic E-state index is 13.0. The summed E-state index contributed by atoms with van der Waals surface area (Å²) < 4.78 is 13.0. The largest absolute Gasteiger partial charge is 0.388 e. The number of likely N-dealkylation sites (tertiary alicyclic amines) is 1.